The SMILES string of the molecule is CCc1cccc(NC(=O)CNC(=O)C2CC(F)(F)CN2)c1. The smallest absolute Gasteiger partial charge is 0.262 e. The molecule has 2 rings (SSSR count). The Bertz CT molecular complexity index is 563. The fourth-order valence-electron chi connectivity index (χ4n) is 2.27. The Balaban J connectivity index is 1.79. The van der Waals surface area contributed by atoms with Crippen molar-refractivity contribution in [3.63, 3.8) is 0 Å². The molecular formula is C15H19F2N3O2. The van der Waals surface area contributed by atoms with E-state index in [1.54, 1.807) is 6.07 Å². The van der Waals surface area contributed by atoms with Crippen LogP contribution >= 0.6 is 0 Å². The number of nitrogens with one attached hydrogen (secondary N) is 3. The zero-order chi connectivity index (χ0) is 16.2. The van der Waals surface area contributed by atoms with Crippen molar-refractivity contribution in [1.82, 2.24) is 10.6 Å². The Labute approximate surface area is 127 Å². The maximum Gasteiger partial charge on any atom is 0.262 e. The third-order valence-corrected chi connectivity index (χ3v) is 3.47. The van der Waals surface area contributed by atoms with Crippen molar-refractivity contribution in [2.75, 3.05) is 18.4 Å². The number of halogens is 2. The molecule has 1 saturated heterocycles. The van der Waals surface area contributed by atoms with Gasteiger partial charge in [-0.2, -0.15) is 0 Å². The summed E-state index contributed by atoms with van der Waals surface area (Å²) in [5, 5.41) is 7.46. The molecule has 120 valence electrons. The van der Waals surface area contributed by atoms with Crippen molar-refractivity contribution in [2.45, 2.75) is 31.7 Å². The van der Waals surface area contributed by atoms with Gasteiger partial charge in [-0.25, -0.2) is 8.78 Å². The van der Waals surface area contributed by atoms with Gasteiger partial charge in [0.1, 0.15) is 0 Å². The van der Waals surface area contributed by atoms with Crippen molar-refractivity contribution in [3.8, 4) is 0 Å². The highest BCUT2D eigenvalue weighted by atomic mass is 19.3. The van der Waals surface area contributed by atoms with Gasteiger partial charge in [0.2, 0.25) is 11.8 Å². The van der Waals surface area contributed by atoms with E-state index in [-0.39, 0.29) is 6.54 Å². The van der Waals surface area contributed by atoms with E-state index in [1.165, 1.54) is 0 Å². The van der Waals surface area contributed by atoms with Gasteiger partial charge in [0.15, 0.2) is 0 Å². The number of rotatable bonds is 5. The van der Waals surface area contributed by atoms with Crippen LogP contribution in [0.5, 0.6) is 0 Å². The van der Waals surface area contributed by atoms with Crippen LogP contribution in [0.25, 0.3) is 0 Å². The first-order valence-corrected chi connectivity index (χ1v) is 7.17. The number of carbonyl (C=O) groups is 2. The minimum absolute atomic E-state index is 0.251. The fraction of sp³-hybridized carbons (Fsp3) is 0.467. The molecule has 0 aliphatic carbocycles. The van der Waals surface area contributed by atoms with Crippen LogP contribution in [0.2, 0.25) is 0 Å². The Hall–Kier alpha value is -2.02. The van der Waals surface area contributed by atoms with E-state index in [2.05, 4.69) is 16.0 Å². The average molecular weight is 311 g/mol. The molecule has 1 unspecified atom stereocenters. The zero-order valence-corrected chi connectivity index (χ0v) is 12.3. The lowest BCUT2D eigenvalue weighted by Gasteiger charge is -2.11. The first-order chi connectivity index (χ1) is 10.4. The summed E-state index contributed by atoms with van der Waals surface area (Å²) in [6.07, 6.45) is 0.307. The summed E-state index contributed by atoms with van der Waals surface area (Å²) in [6, 6.07) is 6.42. The molecule has 1 atom stereocenters. The molecule has 0 saturated carbocycles. The molecule has 22 heavy (non-hydrogen) atoms. The van der Waals surface area contributed by atoms with E-state index < -0.39 is 36.7 Å². The van der Waals surface area contributed by atoms with E-state index in [0.717, 1.165) is 12.0 Å². The monoisotopic (exact) mass is 311 g/mol. The molecule has 1 aromatic carbocycles. The highest BCUT2D eigenvalue weighted by molar-refractivity contribution is 5.95. The van der Waals surface area contributed by atoms with Gasteiger partial charge in [0.25, 0.3) is 5.92 Å². The third-order valence-electron chi connectivity index (χ3n) is 3.47. The van der Waals surface area contributed by atoms with Gasteiger partial charge in [0.05, 0.1) is 19.1 Å². The summed E-state index contributed by atoms with van der Waals surface area (Å²) in [4.78, 5) is 23.5. The number of alkyl halides is 2. The molecule has 0 radical (unpaired) electrons. The number of aryl methyl sites for hydroxylation is 1. The number of anilines is 1. The molecule has 3 N–H and O–H groups in total. The normalized spacial score (nSPS) is 19.7. The number of hydrogen-bond donors (Lipinski definition) is 3. The van der Waals surface area contributed by atoms with Crippen LogP contribution in [0.3, 0.4) is 0 Å². The van der Waals surface area contributed by atoms with Gasteiger partial charge >= 0.3 is 0 Å². The molecule has 1 heterocycles. The van der Waals surface area contributed by atoms with Crippen LogP contribution in [0, 0.1) is 0 Å². The van der Waals surface area contributed by atoms with Crippen molar-refractivity contribution in [1.29, 1.82) is 0 Å². The van der Waals surface area contributed by atoms with Crippen LogP contribution in [-0.2, 0) is 16.0 Å². The van der Waals surface area contributed by atoms with Gasteiger partial charge in [-0.3, -0.25) is 14.9 Å². The van der Waals surface area contributed by atoms with E-state index >= 15 is 0 Å². The fourth-order valence-corrected chi connectivity index (χ4v) is 2.27. The van der Waals surface area contributed by atoms with Crippen LogP contribution in [0.1, 0.15) is 18.9 Å². The largest absolute Gasteiger partial charge is 0.346 e. The maximum absolute atomic E-state index is 13.0. The maximum atomic E-state index is 13.0. The molecule has 5 nitrogen and oxygen atoms in total. The Morgan fingerprint density at radius 1 is 1.41 bits per heavy atom. The molecule has 1 aromatic rings. The molecule has 0 spiro atoms. The lowest BCUT2D eigenvalue weighted by Crippen LogP contribution is -2.43. The van der Waals surface area contributed by atoms with E-state index in [1.807, 2.05) is 25.1 Å². The van der Waals surface area contributed by atoms with Gasteiger partial charge in [-0.1, -0.05) is 19.1 Å². The number of carbonyl (C=O) groups excluding carboxylic acids is 2. The van der Waals surface area contributed by atoms with Crippen molar-refractivity contribution >= 4 is 17.5 Å². The molecule has 0 aromatic heterocycles. The predicted octanol–water partition coefficient (Wildman–Crippen LogP) is 1.30. The summed E-state index contributed by atoms with van der Waals surface area (Å²) in [5.74, 6) is -3.86. The van der Waals surface area contributed by atoms with Gasteiger partial charge in [-0.15, -0.1) is 0 Å². The molecule has 1 aliphatic rings. The number of hydrogen-bond acceptors (Lipinski definition) is 3. The predicted molar refractivity (Wildman–Crippen MR) is 78.8 cm³/mol. The minimum atomic E-state index is -2.87. The van der Waals surface area contributed by atoms with Crippen molar-refractivity contribution < 1.29 is 18.4 Å². The van der Waals surface area contributed by atoms with E-state index in [9.17, 15) is 18.4 Å². The topological polar surface area (TPSA) is 70.2 Å². The quantitative estimate of drug-likeness (QED) is 0.768. The summed E-state index contributed by atoms with van der Waals surface area (Å²) in [5.41, 5.74) is 1.73. The van der Waals surface area contributed by atoms with E-state index in [0.29, 0.717) is 5.69 Å². The van der Waals surface area contributed by atoms with Crippen molar-refractivity contribution in [3.05, 3.63) is 29.8 Å². The molecule has 0 bridgehead atoms. The first-order valence-electron chi connectivity index (χ1n) is 7.17. The van der Waals surface area contributed by atoms with Gasteiger partial charge in [0, 0.05) is 12.1 Å². The standard InChI is InChI=1S/C15H19F2N3O2/c1-2-10-4-3-5-11(6-10)20-13(21)8-18-14(22)12-7-15(16,17)9-19-12/h3-6,12,19H,2,7-9H2,1H3,(H,18,22)(H,20,21). The lowest BCUT2D eigenvalue weighted by atomic mass is 10.1. The summed E-state index contributed by atoms with van der Waals surface area (Å²) in [7, 11) is 0. The Morgan fingerprint density at radius 3 is 2.82 bits per heavy atom. The number of amides is 2. The second-order valence-electron chi connectivity index (χ2n) is 5.31. The van der Waals surface area contributed by atoms with Crippen molar-refractivity contribution in [2.24, 2.45) is 0 Å². The van der Waals surface area contributed by atoms with E-state index in [4.69, 9.17) is 0 Å². The summed E-state index contributed by atoms with van der Waals surface area (Å²) >= 11 is 0. The van der Waals surface area contributed by atoms with Gasteiger partial charge in [-0.05, 0) is 24.1 Å². The molecule has 1 fully saturated rings. The zero-order valence-electron chi connectivity index (χ0n) is 12.3. The molecule has 2 amide bonds. The Morgan fingerprint density at radius 2 is 2.18 bits per heavy atom. The second-order valence-corrected chi connectivity index (χ2v) is 5.31. The summed E-state index contributed by atoms with van der Waals surface area (Å²) in [6.45, 7) is 1.24. The first kappa shape index (κ1) is 16.4. The second kappa shape index (κ2) is 6.83. The van der Waals surface area contributed by atoms with Gasteiger partial charge < -0.3 is 10.6 Å². The minimum Gasteiger partial charge on any atom is -0.346 e. The Kier molecular flexibility index (Phi) is 5.07. The van der Waals surface area contributed by atoms with Crippen LogP contribution in [0.4, 0.5) is 14.5 Å². The number of benzene rings is 1. The lowest BCUT2D eigenvalue weighted by molar-refractivity contribution is -0.125. The average Bonchev–Trinajstić information content (AvgIpc) is 2.85. The van der Waals surface area contributed by atoms with Crippen LogP contribution in [0.15, 0.2) is 24.3 Å². The molecular weight excluding hydrogens is 292 g/mol. The highest BCUT2D eigenvalue weighted by Gasteiger charge is 2.42. The summed E-state index contributed by atoms with van der Waals surface area (Å²) < 4.78 is 26.0. The van der Waals surface area contributed by atoms with Crippen LogP contribution in [-0.4, -0.2) is 36.9 Å². The highest BCUT2D eigenvalue weighted by Crippen LogP contribution is 2.24. The van der Waals surface area contributed by atoms with Crippen LogP contribution < -0.4 is 16.0 Å². The molecule has 7 heteroatoms. The third kappa shape index (κ3) is 4.49. The molecule has 1 aliphatic heterocycles.